The summed E-state index contributed by atoms with van der Waals surface area (Å²) < 4.78 is 0. The van der Waals surface area contributed by atoms with E-state index < -0.39 is 0 Å². The molecule has 1 saturated carbocycles. The third-order valence-electron chi connectivity index (χ3n) is 3.27. The van der Waals surface area contributed by atoms with Gasteiger partial charge in [-0.1, -0.05) is 48.4 Å². The smallest absolute Gasteiger partial charge is 0.161 e. The van der Waals surface area contributed by atoms with Crippen molar-refractivity contribution in [2.45, 2.75) is 25.2 Å². The quantitative estimate of drug-likeness (QED) is 0.745. The van der Waals surface area contributed by atoms with Crippen molar-refractivity contribution in [1.82, 2.24) is 9.97 Å². The molecule has 0 spiro atoms. The maximum atomic E-state index is 6.07. The number of aromatic nitrogens is 2. The largest absolute Gasteiger partial charge is 0.233 e. The molecule has 0 unspecified atom stereocenters. The molecular formula is C14H13ClN2. The first-order valence-corrected chi connectivity index (χ1v) is 6.30. The van der Waals surface area contributed by atoms with Crippen LogP contribution in [-0.2, 0) is 0 Å². The minimum absolute atomic E-state index is 0.542. The van der Waals surface area contributed by atoms with Crippen LogP contribution in [0.15, 0.2) is 36.4 Å². The van der Waals surface area contributed by atoms with E-state index >= 15 is 0 Å². The lowest BCUT2D eigenvalue weighted by Crippen LogP contribution is -2.11. The Morgan fingerprint density at radius 1 is 1.06 bits per heavy atom. The van der Waals surface area contributed by atoms with Gasteiger partial charge < -0.3 is 0 Å². The standard InChI is InChI=1S/C14H13ClN2/c15-13-9-12(10-7-4-8-10)16-14(17-13)11-5-2-1-3-6-11/h1-3,5-6,9-10H,4,7-8H2. The van der Waals surface area contributed by atoms with Gasteiger partial charge in [0.1, 0.15) is 5.15 Å². The van der Waals surface area contributed by atoms with E-state index in [1.807, 2.05) is 36.4 Å². The van der Waals surface area contributed by atoms with Crippen LogP contribution in [0, 0.1) is 0 Å². The zero-order valence-corrected chi connectivity index (χ0v) is 10.2. The van der Waals surface area contributed by atoms with Crippen LogP contribution in [0.25, 0.3) is 11.4 Å². The van der Waals surface area contributed by atoms with Crippen LogP contribution >= 0.6 is 11.6 Å². The topological polar surface area (TPSA) is 25.8 Å². The molecule has 0 saturated heterocycles. The van der Waals surface area contributed by atoms with Crippen molar-refractivity contribution in [3.05, 3.63) is 47.2 Å². The first kappa shape index (κ1) is 10.7. The van der Waals surface area contributed by atoms with Crippen molar-refractivity contribution in [2.75, 3.05) is 0 Å². The van der Waals surface area contributed by atoms with E-state index in [9.17, 15) is 0 Å². The summed E-state index contributed by atoms with van der Waals surface area (Å²) in [6.07, 6.45) is 3.75. The van der Waals surface area contributed by atoms with Gasteiger partial charge in [-0.3, -0.25) is 0 Å². The van der Waals surface area contributed by atoms with E-state index in [0.29, 0.717) is 11.1 Å². The SMILES string of the molecule is Clc1cc(C2CCC2)nc(-c2ccccc2)n1. The number of benzene rings is 1. The van der Waals surface area contributed by atoms with Gasteiger partial charge in [-0.2, -0.15) is 0 Å². The Kier molecular flexibility index (Phi) is 2.81. The predicted octanol–water partition coefficient (Wildman–Crippen LogP) is 4.06. The third-order valence-corrected chi connectivity index (χ3v) is 3.46. The third kappa shape index (κ3) is 2.18. The lowest BCUT2D eigenvalue weighted by atomic mass is 9.83. The second-order valence-corrected chi connectivity index (χ2v) is 4.82. The van der Waals surface area contributed by atoms with Crippen LogP contribution < -0.4 is 0 Å². The van der Waals surface area contributed by atoms with Crippen molar-refractivity contribution < 1.29 is 0 Å². The van der Waals surface area contributed by atoms with Gasteiger partial charge in [0.15, 0.2) is 5.82 Å². The molecule has 2 nitrogen and oxygen atoms in total. The molecule has 1 aliphatic rings. The molecular weight excluding hydrogens is 232 g/mol. The average molecular weight is 245 g/mol. The summed E-state index contributed by atoms with van der Waals surface area (Å²) in [6.45, 7) is 0. The number of hydrogen-bond donors (Lipinski definition) is 0. The van der Waals surface area contributed by atoms with E-state index in [1.54, 1.807) is 0 Å². The molecule has 0 amide bonds. The minimum Gasteiger partial charge on any atom is -0.233 e. The molecule has 1 aromatic heterocycles. The van der Waals surface area contributed by atoms with Crippen LogP contribution in [0.5, 0.6) is 0 Å². The molecule has 3 heteroatoms. The monoisotopic (exact) mass is 244 g/mol. The Labute approximate surface area is 106 Å². The van der Waals surface area contributed by atoms with Crippen LogP contribution in [0.1, 0.15) is 30.9 Å². The fourth-order valence-electron chi connectivity index (χ4n) is 2.06. The molecule has 1 aromatic carbocycles. The molecule has 2 aromatic rings. The number of halogens is 1. The summed E-state index contributed by atoms with van der Waals surface area (Å²) in [4.78, 5) is 8.93. The minimum atomic E-state index is 0.542. The normalized spacial score (nSPS) is 15.6. The van der Waals surface area contributed by atoms with E-state index in [1.165, 1.54) is 19.3 Å². The van der Waals surface area contributed by atoms with Gasteiger partial charge in [0.2, 0.25) is 0 Å². The van der Waals surface area contributed by atoms with E-state index in [-0.39, 0.29) is 0 Å². The fourth-order valence-corrected chi connectivity index (χ4v) is 2.26. The van der Waals surface area contributed by atoms with Gasteiger partial charge in [0.25, 0.3) is 0 Å². The summed E-state index contributed by atoms with van der Waals surface area (Å²) in [5.41, 5.74) is 2.12. The highest BCUT2D eigenvalue weighted by Gasteiger charge is 2.22. The van der Waals surface area contributed by atoms with Crippen LogP contribution in [0.3, 0.4) is 0 Å². The van der Waals surface area contributed by atoms with Crippen LogP contribution in [0.4, 0.5) is 0 Å². The summed E-state index contributed by atoms with van der Waals surface area (Å²) in [6, 6.07) is 11.9. The van der Waals surface area contributed by atoms with Gasteiger partial charge in [-0.05, 0) is 18.9 Å². The molecule has 86 valence electrons. The summed E-state index contributed by atoms with van der Waals surface area (Å²) in [5, 5.41) is 0.542. The lowest BCUT2D eigenvalue weighted by Gasteiger charge is -2.24. The summed E-state index contributed by atoms with van der Waals surface area (Å²) in [7, 11) is 0. The molecule has 17 heavy (non-hydrogen) atoms. The van der Waals surface area contributed by atoms with Gasteiger partial charge in [0.05, 0.1) is 0 Å². The zero-order valence-electron chi connectivity index (χ0n) is 9.44. The van der Waals surface area contributed by atoms with E-state index in [0.717, 1.165) is 17.1 Å². The fraction of sp³-hybridized carbons (Fsp3) is 0.286. The van der Waals surface area contributed by atoms with Crippen molar-refractivity contribution in [3.8, 4) is 11.4 Å². The Balaban J connectivity index is 2.02. The maximum absolute atomic E-state index is 6.07. The van der Waals surface area contributed by atoms with Crippen molar-refractivity contribution in [1.29, 1.82) is 0 Å². The first-order valence-electron chi connectivity index (χ1n) is 5.93. The second-order valence-electron chi connectivity index (χ2n) is 4.43. The van der Waals surface area contributed by atoms with Crippen molar-refractivity contribution in [3.63, 3.8) is 0 Å². The van der Waals surface area contributed by atoms with E-state index in [4.69, 9.17) is 11.6 Å². The zero-order chi connectivity index (χ0) is 11.7. The molecule has 1 fully saturated rings. The molecule has 0 aliphatic heterocycles. The second kappa shape index (κ2) is 4.46. The predicted molar refractivity (Wildman–Crippen MR) is 69.1 cm³/mol. The molecule has 0 radical (unpaired) electrons. The Hall–Kier alpha value is -1.41. The highest BCUT2D eigenvalue weighted by molar-refractivity contribution is 6.29. The van der Waals surface area contributed by atoms with Gasteiger partial charge in [0, 0.05) is 17.2 Å². The Bertz CT molecular complexity index is 521. The van der Waals surface area contributed by atoms with Gasteiger partial charge >= 0.3 is 0 Å². The molecule has 1 aliphatic carbocycles. The molecule has 3 rings (SSSR count). The van der Waals surface area contributed by atoms with Gasteiger partial charge in [-0.25, -0.2) is 9.97 Å². The van der Waals surface area contributed by atoms with Gasteiger partial charge in [-0.15, -0.1) is 0 Å². The summed E-state index contributed by atoms with van der Waals surface area (Å²) in [5.74, 6) is 1.32. The molecule has 0 N–H and O–H groups in total. The highest BCUT2D eigenvalue weighted by atomic mass is 35.5. The van der Waals surface area contributed by atoms with Crippen LogP contribution in [-0.4, -0.2) is 9.97 Å². The number of hydrogen-bond acceptors (Lipinski definition) is 2. The molecule has 0 bridgehead atoms. The Morgan fingerprint density at radius 2 is 1.82 bits per heavy atom. The highest BCUT2D eigenvalue weighted by Crippen LogP contribution is 2.36. The summed E-state index contributed by atoms with van der Waals surface area (Å²) >= 11 is 6.07. The van der Waals surface area contributed by atoms with Crippen LogP contribution in [0.2, 0.25) is 5.15 Å². The van der Waals surface area contributed by atoms with E-state index in [2.05, 4.69) is 9.97 Å². The molecule has 0 atom stereocenters. The number of rotatable bonds is 2. The first-order chi connectivity index (χ1) is 8.33. The average Bonchev–Trinajstić information content (AvgIpc) is 2.27. The van der Waals surface area contributed by atoms with Crippen molar-refractivity contribution in [2.24, 2.45) is 0 Å². The Morgan fingerprint density at radius 3 is 2.47 bits per heavy atom. The molecule has 1 heterocycles. The van der Waals surface area contributed by atoms with Crippen molar-refractivity contribution >= 4 is 11.6 Å². The lowest BCUT2D eigenvalue weighted by molar-refractivity contribution is 0.411. The number of nitrogens with zero attached hydrogens (tertiary/aromatic N) is 2. The maximum Gasteiger partial charge on any atom is 0.161 e.